The molecule has 0 radical (unpaired) electrons. The van der Waals surface area contributed by atoms with Gasteiger partial charge < -0.3 is 9.64 Å². The van der Waals surface area contributed by atoms with Crippen LogP contribution < -0.4 is 0 Å². The lowest BCUT2D eigenvalue weighted by Crippen LogP contribution is -2.38. The zero-order valence-corrected chi connectivity index (χ0v) is 11.0. The van der Waals surface area contributed by atoms with Crippen LogP contribution >= 0.6 is 0 Å². The Bertz CT molecular complexity index is 191. The van der Waals surface area contributed by atoms with Crippen molar-refractivity contribution in [2.24, 2.45) is 5.92 Å². The van der Waals surface area contributed by atoms with E-state index < -0.39 is 0 Å². The molecule has 0 aromatic rings. The number of hydrogen-bond acceptors (Lipinski definition) is 2. The maximum absolute atomic E-state index is 6.25. The highest BCUT2D eigenvalue weighted by Crippen LogP contribution is 2.28. The van der Waals surface area contributed by atoms with Crippen molar-refractivity contribution in [3.63, 3.8) is 0 Å². The molecule has 2 aliphatic rings. The highest BCUT2D eigenvalue weighted by atomic mass is 16.5. The van der Waals surface area contributed by atoms with E-state index in [1.54, 1.807) is 0 Å². The molecular formula is C14H27NO. The van der Waals surface area contributed by atoms with Gasteiger partial charge in [0.25, 0.3) is 0 Å². The van der Waals surface area contributed by atoms with Crippen LogP contribution in [0.25, 0.3) is 0 Å². The molecule has 0 unspecified atom stereocenters. The molecule has 1 heterocycles. The standard InChI is InChI=1S/C14H27NO/c1-3-15-10-8-14(9-11-15)16-13-6-4-12(2)5-7-13/h12-14H,3-11H2,1-2H3. The average Bonchev–Trinajstić information content (AvgIpc) is 2.33. The van der Waals surface area contributed by atoms with E-state index in [1.165, 1.54) is 58.2 Å². The predicted molar refractivity (Wildman–Crippen MR) is 67.6 cm³/mol. The van der Waals surface area contributed by atoms with Crippen molar-refractivity contribution in [2.75, 3.05) is 19.6 Å². The fourth-order valence-corrected chi connectivity index (χ4v) is 3.00. The Balaban J connectivity index is 1.66. The Morgan fingerprint density at radius 1 is 0.938 bits per heavy atom. The van der Waals surface area contributed by atoms with Gasteiger partial charge in [0.2, 0.25) is 0 Å². The van der Waals surface area contributed by atoms with Crippen LogP contribution in [0.2, 0.25) is 0 Å². The maximum Gasteiger partial charge on any atom is 0.0603 e. The third-order valence-electron chi connectivity index (χ3n) is 4.33. The SMILES string of the molecule is CCN1CCC(OC2CCC(C)CC2)CC1. The van der Waals surface area contributed by atoms with Crippen molar-refractivity contribution < 1.29 is 4.74 Å². The van der Waals surface area contributed by atoms with E-state index in [1.807, 2.05) is 0 Å². The third-order valence-corrected chi connectivity index (χ3v) is 4.33. The second kappa shape index (κ2) is 6.02. The molecule has 0 aromatic carbocycles. The summed E-state index contributed by atoms with van der Waals surface area (Å²) in [5.74, 6) is 0.932. The molecule has 0 aromatic heterocycles. The molecule has 1 saturated carbocycles. The summed E-state index contributed by atoms with van der Waals surface area (Å²) < 4.78 is 6.25. The van der Waals surface area contributed by atoms with Gasteiger partial charge in [-0.3, -0.25) is 0 Å². The summed E-state index contributed by atoms with van der Waals surface area (Å²) >= 11 is 0. The van der Waals surface area contributed by atoms with Crippen molar-refractivity contribution >= 4 is 0 Å². The first-order chi connectivity index (χ1) is 7.78. The van der Waals surface area contributed by atoms with Crippen molar-refractivity contribution in [1.82, 2.24) is 4.90 Å². The van der Waals surface area contributed by atoms with Gasteiger partial charge in [0.05, 0.1) is 12.2 Å². The van der Waals surface area contributed by atoms with Gasteiger partial charge in [0, 0.05) is 13.1 Å². The first-order valence-corrected chi connectivity index (χ1v) is 7.15. The summed E-state index contributed by atoms with van der Waals surface area (Å²) in [6.07, 6.45) is 8.98. The fraction of sp³-hybridized carbons (Fsp3) is 1.00. The molecule has 0 spiro atoms. The number of ether oxygens (including phenoxy) is 1. The lowest BCUT2D eigenvalue weighted by molar-refractivity contribution is -0.0595. The van der Waals surface area contributed by atoms with Crippen molar-refractivity contribution in [2.45, 2.75) is 64.6 Å². The van der Waals surface area contributed by atoms with Crippen molar-refractivity contribution in [3.8, 4) is 0 Å². The minimum atomic E-state index is 0.557. The number of nitrogens with zero attached hydrogens (tertiary/aromatic N) is 1. The number of hydrogen-bond donors (Lipinski definition) is 0. The lowest BCUT2D eigenvalue weighted by atomic mass is 9.88. The van der Waals surface area contributed by atoms with Crippen LogP contribution in [0.3, 0.4) is 0 Å². The van der Waals surface area contributed by atoms with Gasteiger partial charge in [-0.15, -0.1) is 0 Å². The molecular weight excluding hydrogens is 198 g/mol. The van der Waals surface area contributed by atoms with Crippen LogP contribution in [-0.2, 0) is 4.74 Å². The van der Waals surface area contributed by atoms with E-state index in [4.69, 9.17) is 4.74 Å². The zero-order valence-electron chi connectivity index (χ0n) is 11.0. The van der Waals surface area contributed by atoms with Crippen molar-refractivity contribution in [1.29, 1.82) is 0 Å². The number of likely N-dealkylation sites (tertiary alicyclic amines) is 1. The molecule has 0 bridgehead atoms. The van der Waals surface area contributed by atoms with E-state index in [9.17, 15) is 0 Å². The van der Waals surface area contributed by atoms with Crippen LogP contribution in [0.4, 0.5) is 0 Å². The summed E-state index contributed by atoms with van der Waals surface area (Å²) in [5, 5.41) is 0. The Labute approximate surface area is 100 Å². The van der Waals surface area contributed by atoms with Crippen molar-refractivity contribution in [3.05, 3.63) is 0 Å². The van der Waals surface area contributed by atoms with Crippen LogP contribution in [0.15, 0.2) is 0 Å². The molecule has 2 nitrogen and oxygen atoms in total. The van der Waals surface area contributed by atoms with Gasteiger partial charge in [0.15, 0.2) is 0 Å². The van der Waals surface area contributed by atoms with Crippen LogP contribution in [0.5, 0.6) is 0 Å². The molecule has 1 saturated heterocycles. The molecule has 2 fully saturated rings. The zero-order chi connectivity index (χ0) is 11.4. The molecule has 94 valence electrons. The maximum atomic E-state index is 6.25. The Morgan fingerprint density at radius 2 is 1.50 bits per heavy atom. The highest BCUT2D eigenvalue weighted by Gasteiger charge is 2.24. The van der Waals surface area contributed by atoms with E-state index in [2.05, 4.69) is 18.7 Å². The molecule has 0 amide bonds. The summed E-state index contributed by atoms with van der Waals surface area (Å²) in [7, 11) is 0. The molecule has 2 rings (SSSR count). The molecule has 1 aliphatic heterocycles. The summed E-state index contributed by atoms with van der Waals surface area (Å²) in [6, 6.07) is 0. The van der Waals surface area contributed by atoms with Crippen LogP contribution in [-0.4, -0.2) is 36.7 Å². The van der Waals surface area contributed by atoms with Gasteiger partial charge >= 0.3 is 0 Å². The quantitative estimate of drug-likeness (QED) is 0.732. The first kappa shape index (κ1) is 12.4. The normalized spacial score (nSPS) is 34.1. The van der Waals surface area contributed by atoms with E-state index in [0.29, 0.717) is 12.2 Å². The first-order valence-electron chi connectivity index (χ1n) is 7.15. The predicted octanol–water partition coefficient (Wildman–Crippen LogP) is 3.07. The average molecular weight is 225 g/mol. The smallest absolute Gasteiger partial charge is 0.0603 e. The van der Waals surface area contributed by atoms with Gasteiger partial charge in [0.1, 0.15) is 0 Å². The van der Waals surface area contributed by atoms with E-state index >= 15 is 0 Å². The minimum absolute atomic E-state index is 0.557. The second-order valence-electron chi connectivity index (χ2n) is 5.65. The highest BCUT2D eigenvalue weighted by molar-refractivity contribution is 4.76. The number of rotatable bonds is 3. The minimum Gasteiger partial charge on any atom is -0.375 e. The van der Waals surface area contributed by atoms with Crippen LogP contribution in [0, 0.1) is 5.92 Å². The summed E-state index contributed by atoms with van der Waals surface area (Å²) in [4.78, 5) is 2.53. The van der Waals surface area contributed by atoms with Gasteiger partial charge in [-0.25, -0.2) is 0 Å². The van der Waals surface area contributed by atoms with Crippen LogP contribution in [0.1, 0.15) is 52.4 Å². The molecule has 2 heteroatoms. The largest absolute Gasteiger partial charge is 0.375 e. The lowest BCUT2D eigenvalue weighted by Gasteiger charge is -2.35. The Hall–Kier alpha value is -0.0800. The summed E-state index contributed by atoms with van der Waals surface area (Å²) in [6.45, 7) is 8.31. The topological polar surface area (TPSA) is 12.5 Å². The van der Waals surface area contributed by atoms with Gasteiger partial charge in [-0.2, -0.15) is 0 Å². The summed E-state index contributed by atoms with van der Waals surface area (Å²) in [5.41, 5.74) is 0. The Morgan fingerprint density at radius 3 is 2.06 bits per heavy atom. The monoisotopic (exact) mass is 225 g/mol. The Kier molecular flexibility index (Phi) is 4.66. The number of piperidine rings is 1. The van der Waals surface area contributed by atoms with E-state index in [0.717, 1.165) is 5.92 Å². The molecule has 0 N–H and O–H groups in total. The molecule has 1 aliphatic carbocycles. The fourth-order valence-electron chi connectivity index (χ4n) is 3.00. The van der Waals surface area contributed by atoms with E-state index in [-0.39, 0.29) is 0 Å². The van der Waals surface area contributed by atoms with Gasteiger partial charge in [-0.1, -0.05) is 13.8 Å². The third kappa shape index (κ3) is 3.46. The van der Waals surface area contributed by atoms with Gasteiger partial charge in [-0.05, 0) is 51.0 Å². The molecule has 0 atom stereocenters. The molecule has 16 heavy (non-hydrogen) atoms. The second-order valence-corrected chi connectivity index (χ2v) is 5.65.